The van der Waals surface area contributed by atoms with E-state index in [0.717, 1.165) is 0 Å². The number of hydrogen-bond acceptors (Lipinski definition) is 0. The van der Waals surface area contributed by atoms with Crippen LogP contribution < -0.4 is 18.4 Å². The van der Waals surface area contributed by atoms with Crippen LogP contribution in [0.2, 0.25) is 0 Å². The third-order valence-corrected chi connectivity index (χ3v) is 52.1. The van der Waals surface area contributed by atoms with Crippen molar-refractivity contribution >= 4 is 18.4 Å². The van der Waals surface area contributed by atoms with E-state index in [4.69, 9.17) is 0 Å². The molecule has 0 bridgehead atoms. The van der Waals surface area contributed by atoms with Crippen LogP contribution >= 0.6 is 0 Å². The van der Waals surface area contributed by atoms with Crippen molar-refractivity contribution in [1.82, 2.24) is 0 Å². The van der Waals surface area contributed by atoms with Crippen molar-refractivity contribution in [3.63, 3.8) is 0 Å². The van der Waals surface area contributed by atoms with Crippen molar-refractivity contribution in [2.45, 2.75) is 0 Å². The summed E-state index contributed by atoms with van der Waals surface area (Å²) in [5, 5.41) is 0. The second-order valence-electron chi connectivity index (χ2n) is 5.84. The van der Waals surface area contributed by atoms with Crippen molar-refractivity contribution in [2.75, 3.05) is 0 Å². The molecule has 0 aromatic heterocycles. The van der Waals surface area contributed by atoms with Crippen LogP contribution in [0.15, 0.2) is 72.8 Å². The first-order valence-corrected chi connectivity index (χ1v) is 24.1. The molecule has 3 aromatic carbocycles. The predicted molar refractivity (Wildman–Crippen MR) is 77.1 cm³/mol. The first-order chi connectivity index (χ1) is 10.4. The van der Waals surface area contributed by atoms with Crippen molar-refractivity contribution in [1.29, 1.82) is 0 Å². The Kier molecular flexibility index (Phi) is 4.95. The third-order valence-electron chi connectivity index (χ3n) is 4.50. The summed E-state index contributed by atoms with van der Waals surface area (Å²) in [5.41, 5.74) is 0. The van der Waals surface area contributed by atoms with Crippen molar-refractivity contribution in [3.8, 4) is 0 Å². The Labute approximate surface area is 162 Å². The van der Waals surface area contributed by atoms with Gasteiger partial charge in [-0.2, -0.15) is 0 Å². The molecule has 3 aromatic rings. The molecule has 0 atom stereocenters. The van der Waals surface area contributed by atoms with Crippen LogP contribution in [0.25, 0.3) is 0 Å². The van der Waals surface area contributed by atoms with Gasteiger partial charge in [0.25, 0.3) is 0 Å². The molecule has 90 valence electrons. The fourth-order valence-corrected chi connectivity index (χ4v) is 47.7. The zero-order chi connectivity index (χ0) is 14.1. The molecule has 4 rings (SSSR count). The first-order valence-electron chi connectivity index (χ1n) is 7.60. The van der Waals surface area contributed by atoms with Gasteiger partial charge in [0.1, 0.15) is 0 Å². The zero-order valence-corrected chi connectivity index (χ0v) is 28.5. The fourth-order valence-electron chi connectivity index (χ4n) is 3.32. The van der Waals surface area contributed by atoms with Gasteiger partial charge in [-0.3, -0.25) is 0 Å². The Bertz CT molecular complexity index is 625. The predicted octanol–water partition coefficient (Wildman–Crippen LogP) is 0.0999. The van der Waals surface area contributed by atoms with Crippen LogP contribution in [0, 0.1) is 0 Å². The third kappa shape index (κ3) is 3.38. The molecule has 0 fully saturated rings. The van der Waals surface area contributed by atoms with E-state index in [-0.39, 0.29) is 0 Å². The number of benzene rings is 3. The SMILES string of the molecule is c1cc[c]2[c](c1)[Hg][c]1cccc[c]1[Hg][c]1cccc[c]1[Hg]2. The molecule has 0 N–H and O–H groups in total. The number of rotatable bonds is 0. The molecule has 21 heavy (non-hydrogen) atoms. The molecule has 0 saturated heterocycles. The molecule has 0 spiro atoms. The van der Waals surface area contributed by atoms with E-state index in [9.17, 15) is 0 Å². The quantitative estimate of drug-likeness (QED) is 0.221. The van der Waals surface area contributed by atoms with Crippen molar-refractivity contribution in [3.05, 3.63) is 72.8 Å². The molecule has 0 aliphatic carbocycles. The summed E-state index contributed by atoms with van der Waals surface area (Å²) >= 11 is -3.41. The van der Waals surface area contributed by atoms with Crippen molar-refractivity contribution in [2.24, 2.45) is 0 Å². The van der Waals surface area contributed by atoms with Gasteiger partial charge in [-0.1, -0.05) is 0 Å². The first kappa shape index (κ1) is 15.0. The van der Waals surface area contributed by atoms with Gasteiger partial charge in [-0.15, -0.1) is 0 Å². The Morgan fingerprint density at radius 3 is 0.714 bits per heavy atom. The second kappa shape index (κ2) is 6.92. The molecule has 0 nitrogen and oxygen atoms in total. The van der Waals surface area contributed by atoms with E-state index in [2.05, 4.69) is 72.8 Å². The summed E-state index contributed by atoms with van der Waals surface area (Å²) in [7, 11) is 0. The molecule has 1 heterocycles. The van der Waals surface area contributed by atoms with E-state index >= 15 is 0 Å². The van der Waals surface area contributed by atoms with Crippen LogP contribution in [0.5, 0.6) is 0 Å². The number of hydrogen-bond donors (Lipinski definition) is 0. The molecular weight excluding hydrogens is 818 g/mol. The molecule has 0 saturated carbocycles. The van der Waals surface area contributed by atoms with Gasteiger partial charge >= 0.3 is 165 Å². The summed E-state index contributed by atoms with van der Waals surface area (Å²) in [6, 6.07) is 28.3. The van der Waals surface area contributed by atoms with E-state index in [1.165, 1.54) is 0 Å². The fraction of sp³-hybridized carbons (Fsp3) is 0. The van der Waals surface area contributed by atoms with Crippen LogP contribution in [-0.4, -0.2) is 0 Å². The molecule has 1 aliphatic rings. The Hall–Kier alpha value is 0.465. The Balaban J connectivity index is 1.94. The minimum atomic E-state index is -1.14. The van der Waals surface area contributed by atoms with Gasteiger partial charge in [0, 0.05) is 0 Å². The molecule has 3 heteroatoms. The van der Waals surface area contributed by atoms with E-state index in [1.54, 1.807) is 0 Å². The number of fused-ring (bicyclic) bond motifs is 3. The maximum atomic E-state index is 2.46. The van der Waals surface area contributed by atoms with E-state index in [1.807, 2.05) is 18.4 Å². The summed E-state index contributed by atoms with van der Waals surface area (Å²) in [5.74, 6) is 0. The maximum absolute atomic E-state index is 2.46. The Morgan fingerprint density at radius 1 is 0.333 bits per heavy atom. The molecule has 0 amide bonds. The molecule has 1 aliphatic heterocycles. The average Bonchev–Trinajstić information content (AvgIpc) is 2.59. The normalized spacial score (nSPS) is 10.9. The summed E-state index contributed by atoms with van der Waals surface area (Å²) in [6.45, 7) is 0. The van der Waals surface area contributed by atoms with E-state index < -0.39 is 73.7 Å². The van der Waals surface area contributed by atoms with E-state index in [0.29, 0.717) is 0 Å². The van der Waals surface area contributed by atoms with Gasteiger partial charge in [0.2, 0.25) is 0 Å². The monoisotopic (exact) mass is 834 g/mol. The topological polar surface area (TPSA) is 0 Å². The van der Waals surface area contributed by atoms with Gasteiger partial charge in [-0.25, -0.2) is 0 Å². The zero-order valence-electron chi connectivity index (χ0n) is 12.0. The van der Waals surface area contributed by atoms with Crippen LogP contribution in [-0.2, 0) is 73.7 Å². The summed E-state index contributed by atoms with van der Waals surface area (Å²) < 4.78 is 10.9. The molecule has 0 unspecified atom stereocenters. The molecule has 0 radical (unpaired) electrons. The van der Waals surface area contributed by atoms with Gasteiger partial charge in [0.15, 0.2) is 0 Å². The van der Waals surface area contributed by atoms with Crippen LogP contribution in [0.4, 0.5) is 0 Å². The minimum absolute atomic E-state index is 1.14. The van der Waals surface area contributed by atoms with Gasteiger partial charge in [0.05, 0.1) is 0 Å². The molecular formula is C18H12Hg3. The van der Waals surface area contributed by atoms with Gasteiger partial charge in [-0.05, 0) is 0 Å². The second-order valence-corrected chi connectivity index (χ2v) is 27.7. The summed E-state index contributed by atoms with van der Waals surface area (Å²) in [6.07, 6.45) is 0. The van der Waals surface area contributed by atoms with Crippen LogP contribution in [0.1, 0.15) is 0 Å². The standard InChI is InChI=1S/3C6H4.3Hg/c3*1-2-4-6-5-3-1;;;/h3*1-4H;;;. The summed E-state index contributed by atoms with van der Waals surface area (Å²) in [4.78, 5) is 0. The average molecular weight is 830 g/mol. The van der Waals surface area contributed by atoms with Crippen molar-refractivity contribution < 1.29 is 73.7 Å². The Morgan fingerprint density at radius 2 is 0.524 bits per heavy atom. The van der Waals surface area contributed by atoms with Gasteiger partial charge < -0.3 is 0 Å². The van der Waals surface area contributed by atoms with Crippen LogP contribution in [0.3, 0.4) is 0 Å².